The van der Waals surface area contributed by atoms with E-state index in [2.05, 4.69) is 15.5 Å². The summed E-state index contributed by atoms with van der Waals surface area (Å²) in [6, 6.07) is -0.148. The fourth-order valence-corrected chi connectivity index (χ4v) is 3.69. The zero-order chi connectivity index (χ0) is 13.3. The van der Waals surface area contributed by atoms with Crippen molar-refractivity contribution in [3.8, 4) is 0 Å². The quantitative estimate of drug-likeness (QED) is 0.700. The van der Waals surface area contributed by atoms with Crippen LogP contribution in [-0.4, -0.2) is 62.3 Å². The van der Waals surface area contributed by atoms with Gasteiger partial charge in [0, 0.05) is 19.6 Å². The fourth-order valence-electron chi connectivity index (χ4n) is 3.69. The first kappa shape index (κ1) is 13.3. The summed E-state index contributed by atoms with van der Waals surface area (Å²) in [5.41, 5.74) is 0.389. The average molecular weight is 267 g/mol. The lowest BCUT2D eigenvalue weighted by molar-refractivity contribution is -0.138. The molecule has 1 amide bonds. The maximum Gasteiger partial charge on any atom is 0.242 e. The first-order valence-electron chi connectivity index (χ1n) is 7.55. The number of likely N-dealkylation sites (tertiary alicyclic amines) is 1. The van der Waals surface area contributed by atoms with Crippen LogP contribution in [0.15, 0.2) is 0 Å². The second kappa shape index (κ2) is 5.38. The van der Waals surface area contributed by atoms with Gasteiger partial charge in [0.25, 0.3) is 0 Å². The van der Waals surface area contributed by atoms with Gasteiger partial charge < -0.3 is 20.3 Å². The molecule has 2 N–H and O–H groups in total. The molecule has 3 fully saturated rings. The average Bonchev–Trinajstić information content (AvgIpc) is 2.83. The van der Waals surface area contributed by atoms with Crippen molar-refractivity contribution in [3.05, 3.63) is 0 Å². The summed E-state index contributed by atoms with van der Waals surface area (Å²) in [5, 5.41) is 6.72. The van der Waals surface area contributed by atoms with Crippen molar-refractivity contribution in [1.29, 1.82) is 0 Å². The molecular formula is C14H25N3O2. The van der Waals surface area contributed by atoms with Gasteiger partial charge in [-0.3, -0.25) is 4.79 Å². The van der Waals surface area contributed by atoms with Gasteiger partial charge in [0.2, 0.25) is 5.91 Å². The number of rotatable bonds is 1. The zero-order valence-corrected chi connectivity index (χ0v) is 11.8. The number of ether oxygens (including phenoxy) is 1. The number of piperidine rings is 1. The van der Waals surface area contributed by atoms with E-state index in [9.17, 15) is 4.79 Å². The van der Waals surface area contributed by atoms with Gasteiger partial charge in [0.15, 0.2) is 0 Å². The molecule has 3 heterocycles. The van der Waals surface area contributed by atoms with Crippen LogP contribution in [0.2, 0.25) is 0 Å². The zero-order valence-electron chi connectivity index (χ0n) is 11.8. The lowest BCUT2D eigenvalue weighted by Crippen LogP contribution is -2.56. The van der Waals surface area contributed by atoms with Gasteiger partial charge in [0.1, 0.15) is 6.04 Å². The van der Waals surface area contributed by atoms with Crippen molar-refractivity contribution in [1.82, 2.24) is 15.5 Å². The van der Waals surface area contributed by atoms with Crippen LogP contribution >= 0.6 is 0 Å². The number of carbonyl (C=O) groups excluding carboxylic acids is 1. The van der Waals surface area contributed by atoms with Crippen molar-refractivity contribution in [3.63, 3.8) is 0 Å². The number of nitrogens with one attached hydrogen (secondary N) is 2. The fraction of sp³-hybridized carbons (Fsp3) is 0.929. The molecule has 1 spiro atoms. The second-order valence-electron chi connectivity index (χ2n) is 6.27. The highest BCUT2D eigenvalue weighted by molar-refractivity contribution is 5.83. The summed E-state index contributed by atoms with van der Waals surface area (Å²) in [6.07, 6.45) is 3.58. The molecule has 108 valence electrons. The van der Waals surface area contributed by atoms with Crippen molar-refractivity contribution >= 4 is 5.91 Å². The highest BCUT2D eigenvalue weighted by Crippen LogP contribution is 2.38. The van der Waals surface area contributed by atoms with Crippen molar-refractivity contribution in [2.75, 3.05) is 39.3 Å². The number of hydrogen-bond acceptors (Lipinski definition) is 4. The van der Waals surface area contributed by atoms with Gasteiger partial charge in [0.05, 0.1) is 12.7 Å². The van der Waals surface area contributed by atoms with Gasteiger partial charge in [-0.25, -0.2) is 0 Å². The number of carbonyl (C=O) groups is 1. The van der Waals surface area contributed by atoms with Gasteiger partial charge in [-0.1, -0.05) is 0 Å². The van der Waals surface area contributed by atoms with Crippen molar-refractivity contribution in [2.45, 2.75) is 38.3 Å². The monoisotopic (exact) mass is 267 g/mol. The third-order valence-electron chi connectivity index (χ3n) is 5.00. The van der Waals surface area contributed by atoms with E-state index >= 15 is 0 Å². The Morgan fingerprint density at radius 2 is 2.05 bits per heavy atom. The van der Waals surface area contributed by atoms with Crippen LogP contribution in [0.4, 0.5) is 0 Å². The van der Waals surface area contributed by atoms with Gasteiger partial charge >= 0.3 is 0 Å². The second-order valence-corrected chi connectivity index (χ2v) is 6.27. The molecule has 0 saturated carbocycles. The predicted octanol–water partition coefficient (Wildman–Crippen LogP) is -0.0346. The van der Waals surface area contributed by atoms with E-state index in [0.29, 0.717) is 12.0 Å². The third-order valence-corrected chi connectivity index (χ3v) is 5.00. The summed E-state index contributed by atoms with van der Waals surface area (Å²) in [6.45, 7) is 7.55. The molecule has 3 aliphatic heterocycles. The summed E-state index contributed by atoms with van der Waals surface area (Å²) in [7, 11) is 0. The van der Waals surface area contributed by atoms with Gasteiger partial charge in [-0.05, 0) is 44.7 Å². The van der Waals surface area contributed by atoms with E-state index in [-0.39, 0.29) is 18.1 Å². The van der Waals surface area contributed by atoms with E-state index in [4.69, 9.17) is 4.74 Å². The maximum absolute atomic E-state index is 12.6. The molecule has 3 rings (SSSR count). The van der Waals surface area contributed by atoms with Crippen LogP contribution in [0.25, 0.3) is 0 Å². The predicted molar refractivity (Wildman–Crippen MR) is 72.9 cm³/mol. The Bertz CT molecular complexity index is 342. The van der Waals surface area contributed by atoms with E-state index in [0.717, 1.165) is 32.7 Å². The van der Waals surface area contributed by atoms with Crippen LogP contribution in [-0.2, 0) is 9.53 Å². The first-order valence-corrected chi connectivity index (χ1v) is 7.55. The molecular weight excluding hydrogens is 242 g/mol. The molecule has 3 aliphatic rings. The molecule has 0 aromatic heterocycles. The highest BCUT2D eigenvalue weighted by Gasteiger charge is 2.43. The minimum atomic E-state index is -0.148. The summed E-state index contributed by atoms with van der Waals surface area (Å²) in [4.78, 5) is 14.7. The van der Waals surface area contributed by atoms with Crippen LogP contribution in [0.3, 0.4) is 0 Å². The molecule has 0 aliphatic carbocycles. The summed E-state index contributed by atoms with van der Waals surface area (Å²) < 4.78 is 5.59. The van der Waals surface area contributed by atoms with E-state index < -0.39 is 0 Å². The summed E-state index contributed by atoms with van der Waals surface area (Å²) >= 11 is 0. The number of morpholine rings is 1. The molecule has 0 radical (unpaired) electrons. The van der Waals surface area contributed by atoms with Crippen molar-refractivity contribution < 1.29 is 9.53 Å². The molecule has 0 aromatic rings. The molecule has 0 aromatic carbocycles. The SMILES string of the molecule is C[C@H]1OCCN[C@@H]1C(=O)N1CCC2(CCNCC2)C1. The maximum atomic E-state index is 12.6. The van der Waals surface area contributed by atoms with Crippen molar-refractivity contribution in [2.24, 2.45) is 5.41 Å². The van der Waals surface area contributed by atoms with Crippen LogP contribution in [0.1, 0.15) is 26.2 Å². The Balaban J connectivity index is 1.62. The minimum Gasteiger partial charge on any atom is -0.375 e. The topological polar surface area (TPSA) is 53.6 Å². The van der Waals surface area contributed by atoms with E-state index in [1.54, 1.807) is 0 Å². The molecule has 3 saturated heterocycles. The van der Waals surface area contributed by atoms with Crippen LogP contribution < -0.4 is 10.6 Å². The first-order chi connectivity index (χ1) is 9.20. The Morgan fingerprint density at radius 3 is 2.79 bits per heavy atom. The Labute approximate surface area is 115 Å². The Hall–Kier alpha value is -0.650. The normalized spacial score (nSPS) is 34.7. The van der Waals surface area contributed by atoms with Gasteiger partial charge in [-0.15, -0.1) is 0 Å². The van der Waals surface area contributed by atoms with E-state index in [1.165, 1.54) is 19.3 Å². The summed E-state index contributed by atoms with van der Waals surface area (Å²) in [5.74, 6) is 0.239. The largest absolute Gasteiger partial charge is 0.375 e. The molecule has 0 unspecified atom stereocenters. The number of amides is 1. The third kappa shape index (κ3) is 2.64. The lowest BCUT2D eigenvalue weighted by Gasteiger charge is -2.35. The van der Waals surface area contributed by atoms with Gasteiger partial charge in [-0.2, -0.15) is 0 Å². The highest BCUT2D eigenvalue weighted by atomic mass is 16.5. The van der Waals surface area contributed by atoms with Crippen LogP contribution in [0.5, 0.6) is 0 Å². The minimum absolute atomic E-state index is 0.00850. The standard InChI is InChI=1S/C14H25N3O2/c1-11-12(16-7-9-19-11)13(18)17-8-4-14(10-17)2-5-15-6-3-14/h11-12,15-16H,2-10H2,1H3/t11-,12+/m1/s1. The lowest BCUT2D eigenvalue weighted by atomic mass is 9.78. The van der Waals surface area contributed by atoms with E-state index in [1.807, 2.05) is 6.92 Å². The number of nitrogens with zero attached hydrogens (tertiary/aromatic N) is 1. The molecule has 0 bridgehead atoms. The molecule has 19 heavy (non-hydrogen) atoms. The molecule has 5 heteroatoms. The molecule has 2 atom stereocenters. The molecule has 5 nitrogen and oxygen atoms in total. The smallest absolute Gasteiger partial charge is 0.242 e. The Morgan fingerprint density at radius 1 is 1.26 bits per heavy atom. The van der Waals surface area contributed by atoms with Crippen LogP contribution in [0, 0.1) is 5.41 Å². The number of hydrogen-bond donors (Lipinski definition) is 2. The Kier molecular flexibility index (Phi) is 3.78.